The molecule has 104 valence electrons. The molecule has 0 aliphatic rings. The van der Waals surface area contributed by atoms with Gasteiger partial charge >= 0.3 is 0 Å². The molecule has 0 bridgehead atoms. The van der Waals surface area contributed by atoms with E-state index in [1.807, 2.05) is 25.1 Å². The zero-order valence-corrected chi connectivity index (χ0v) is 12.2. The van der Waals surface area contributed by atoms with Gasteiger partial charge in [0.15, 0.2) is 0 Å². The van der Waals surface area contributed by atoms with Crippen molar-refractivity contribution in [3.63, 3.8) is 0 Å². The smallest absolute Gasteiger partial charge is 0.257 e. The van der Waals surface area contributed by atoms with Gasteiger partial charge in [-0.05, 0) is 31.2 Å². The molecular formula is C15H16ClN3O. The Kier molecular flexibility index (Phi) is 4.25. The van der Waals surface area contributed by atoms with Crippen LogP contribution >= 0.6 is 11.6 Å². The number of nitrogen functional groups attached to an aromatic ring is 1. The lowest BCUT2D eigenvalue weighted by Gasteiger charge is -2.18. The molecule has 2 N–H and O–H groups in total. The minimum absolute atomic E-state index is 0.212. The Morgan fingerprint density at radius 2 is 2.00 bits per heavy atom. The third-order valence-electron chi connectivity index (χ3n) is 2.95. The first-order chi connectivity index (χ1) is 9.49. The molecule has 0 saturated carbocycles. The van der Waals surface area contributed by atoms with Gasteiger partial charge in [0, 0.05) is 18.4 Å². The van der Waals surface area contributed by atoms with Gasteiger partial charge < -0.3 is 10.6 Å². The molecule has 1 aromatic carbocycles. The maximum absolute atomic E-state index is 12.4. The Bertz CT molecular complexity index is 623. The van der Waals surface area contributed by atoms with Crippen molar-refractivity contribution < 1.29 is 4.79 Å². The quantitative estimate of drug-likeness (QED) is 0.884. The van der Waals surface area contributed by atoms with Gasteiger partial charge in [0.2, 0.25) is 0 Å². The first-order valence-corrected chi connectivity index (χ1v) is 6.59. The minimum Gasteiger partial charge on any atom is -0.398 e. The highest BCUT2D eigenvalue weighted by Gasteiger charge is 2.18. The number of hydrogen-bond acceptors (Lipinski definition) is 3. The third kappa shape index (κ3) is 3.08. The summed E-state index contributed by atoms with van der Waals surface area (Å²) >= 11 is 6.05. The van der Waals surface area contributed by atoms with E-state index in [9.17, 15) is 4.79 Å². The van der Waals surface area contributed by atoms with Crippen molar-refractivity contribution in [3.8, 4) is 0 Å². The molecule has 0 saturated heterocycles. The lowest BCUT2D eigenvalue weighted by atomic mass is 10.1. The van der Waals surface area contributed by atoms with Crippen molar-refractivity contribution in [1.82, 2.24) is 9.88 Å². The van der Waals surface area contributed by atoms with E-state index in [2.05, 4.69) is 4.98 Å². The molecule has 4 nitrogen and oxygen atoms in total. The highest BCUT2D eigenvalue weighted by atomic mass is 35.5. The zero-order chi connectivity index (χ0) is 14.7. The summed E-state index contributed by atoms with van der Waals surface area (Å²) in [6, 6.07) is 10.8. The van der Waals surface area contributed by atoms with E-state index in [0.29, 0.717) is 22.8 Å². The lowest BCUT2D eigenvalue weighted by Crippen LogP contribution is -2.27. The zero-order valence-electron chi connectivity index (χ0n) is 11.4. The van der Waals surface area contributed by atoms with E-state index in [4.69, 9.17) is 17.3 Å². The van der Waals surface area contributed by atoms with E-state index in [1.54, 1.807) is 30.1 Å². The fraction of sp³-hybridized carbons (Fsp3) is 0.200. The van der Waals surface area contributed by atoms with Gasteiger partial charge in [0.1, 0.15) is 0 Å². The maximum Gasteiger partial charge on any atom is 0.257 e. The van der Waals surface area contributed by atoms with Gasteiger partial charge in [0.05, 0.1) is 22.8 Å². The van der Waals surface area contributed by atoms with E-state index in [1.165, 1.54) is 0 Å². The van der Waals surface area contributed by atoms with Crippen LogP contribution in [0.4, 0.5) is 5.69 Å². The second-order valence-electron chi connectivity index (χ2n) is 4.64. The standard InChI is InChI=1S/C15H16ClN3O/c1-10-5-3-6-11(18-10)9-19(2)15(20)14-12(16)7-4-8-13(14)17/h3-8H,9,17H2,1-2H3. The number of halogens is 1. The largest absolute Gasteiger partial charge is 0.398 e. The fourth-order valence-electron chi connectivity index (χ4n) is 1.96. The highest BCUT2D eigenvalue weighted by molar-refractivity contribution is 6.34. The Morgan fingerprint density at radius 3 is 2.65 bits per heavy atom. The number of nitrogens with zero attached hydrogens (tertiary/aromatic N) is 2. The molecule has 1 amide bonds. The molecule has 1 heterocycles. The summed E-state index contributed by atoms with van der Waals surface area (Å²) < 4.78 is 0. The monoisotopic (exact) mass is 289 g/mol. The summed E-state index contributed by atoms with van der Waals surface area (Å²) in [7, 11) is 1.70. The van der Waals surface area contributed by atoms with E-state index in [0.717, 1.165) is 11.4 Å². The summed E-state index contributed by atoms with van der Waals surface area (Å²) in [4.78, 5) is 18.3. The van der Waals surface area contributed by atoms with Gasteiger partial charge in [-0.3, -0.25) is 9.78 Å². The van der Waals surface area contributed by atoms with E-state index >= 15 is 0 Å². The second kappa shape index (κ2) is 5.92. The highest BCUT2D eigenvalue weighted by Crippen LogP contribution is 2.23. The van der Waals surface area contributed by atoms with Crippen molar-refractivity contribution in [2.24, 2.45) is 0 Å². The molecule has 2 aromatic rings. The molecule has 0 spiro atoms. The van der Waals surface area contributed by atoms with Gasteiger partial charge in [-0.2, -0.15) is 0 Å². The summed E-state index contributed by atoms with van der Waals surface area (Å²) in [6.07, 6.45) is 0. The first-order valence-electron chi connectivity index (χ1n) is 6.21. The number of aromatic nitrogens is 1. The molecule has 5 heteroatoms. The van der Waals surface area contributed by atoms with Crippen LogP contribution in [0.1, 0.15) is 21.7 Å². The topological polar surface area (TPSA) is 59.2 Å². The van der Waals surface area contributed by atoms with Crippen LogP contribution in [-0.2, 0) is 6.54 Å². The average Bonchev–Trinajstić information content (AvgIpc) is 2.38. The number of nitrogens with two attached hydrogens (primary N) is 1. The van der Waals surface area contributed by atoms with Gasteiger partial charge in [0.25, 0.3) is 5.91 Å². The number of pyridine rings is 1. The van der Waals surface area contributed by atoms with Crippen molar-refractivity contribution in [2.75, 3.05) is 12.8 Å². The molecule has 1 aromatic heterocycles. The van der Waals surface area contributed by atoms with Gasteiger partial charge in [-0.25, -0.2) is 0 Å². The van der Waals surface area contributed by atoms with E-state index < -0.39 is 0 Å². The van der Waals surface area contributed by atoms with Crippen LogP contribution in [0.15, 0.2) is 36.4 Å². The molecule has 0 aliphatic carbocycles. The van der Waals surface area contributed by atoms with Crippen LogP contribution < -0.4 is 5.73 Å². The Morgan fingerprint density at radius 1 is 1.30 bits per heavy atom. The number of rotatable bonds is 3. The Labute approximate surface area is 123 Å². The van der Waals surface area contributed by atoms with Crippen molar-refractivity contribution in [1.29, 1.82) is 0 Å². The number of hydrogen-bond donors (Lipinski definition) is 1. The summed E-state index contributed by atoms with van der Waals surface area (Å²) in [5, 5.41) is 0.360. The molecule has 0 fully saturated rings. The summed E-state index contributed by atoms with van der Waals surface area (Å²) in [5.41, 5.74) is 8.29. The number of amides is 1. The number of carbonyl (C=O) groups is 1. The van der Waals surface area contributed by atoms with Crippen LogP contribution in [0.3, 0.4) is 0 Å². The molecule has 2 rings (SSSR count). The number of anilines is 1. The van der Waals surface area contributed by atoms with Gasteiger partial charge in [-0.15, -0.1) is 0 Å². The van der Waals surface area contributed by atoms with Crippen LogP contribution in [0.25, 0.3) is 0 Å². The molecule has 0 atom stereocenters. The predicted octanol–water partition coefficient (Wildman–Crippen LogP) is 2.90. The molecular weight excluding hydrogens is 274 g/mol. The number of benzene rings is 1. The van der Waals surface area contributed by atoms with Crippen molar-refractivity contribution >= 4 is 23.2 Å². The van der Waals surface area contributed by atoms with Crippen LogP contribution in [0.5, 0.6) is 0 Å². The van der Waals surface area contributed by atoms with Crippen molar-refractivity contribution in [3.05, 3.63) is 58.4 Å². The van der Waals surface area contributed by atoms with Crippen LogP contribution in [-0.4, -0.2) is 22.8 Å². The average molecular weight is 290 g/mol. The summed E-state index contributed by atoms with van der Waals surface area (Å²) in [6.45, 7) is 2.32. The fourth-order valence-corrected chi connectivity index (χ4v) is 2.22. The van der Waals surface area contributed by atoms with Crippen LogP contribution in [0, 0.1) is 6.92 Å². The van der Waals surface area contributed by atoms with Gasteiger partial charge in [-0.1, -0.05) is 23.7 Å². The molecule has 0 unspecified atom stereocenters. The summed E-state index contributed by atoms with van der Waals surface area (Å²) in [5.74, 6) is -0.212. The normalized spacial score (nSPS) is 10.3. The van der Waals surface area contributed by atoms with Crippen molar-refractivity contribution in [2.45, 2.75) is 13.5 Å². The maximum atomic E-state index is 12.4. The van der Waals surface area contributed by atoms with Crippen LogP contribution in [0.2, 0.25) is 5.02 Å². The second-order valence-corrected chi connectivity index (χ2v) is 5.04. The molecule has 0 aliphatic heterocycles. The number of aryl methyl sites for hydroxylation is 1. The van der Waals surface area contributed by atoms with E-state index in [-0.39, 0.29) is 5.91 Å². The third-order valence-corrected chi connectivity index (χ3v) is 3.27. The minimum atomic E-state index is -0.212. The Hall–Kier alpha value is -2.07. The molecule has 0 radical (unpaired) electrons. The number of carbonyl (C=O) groups excluding carboxylic acids is 1. The predicted molar refractivity (Wildman–Crippen MR) is 80.6 cm³/mol. The lowest BCUT2D eigenvalue weighted by molar-refractivity contribution is 0.0784. The molecule has 20 heavy (non-hydrogen) atoms. The SMILES string of the molecule is Cc1cccc(CN(C)C(=O)c2c(N)cccc2Cl)n1. The Balaban J connectivity index is 2.21. The first kappa shape index (κ1) is 14.3.